The molecule has 0 aliphatic carbocycles. The fourth-order valence-electron chi connectivity index (χ4n) is 1.46. The molecule has 4 nitrogen and oxygen atoms in total. The number of benzene rings is 1. The van der Waals surface area contributed by atoms with E-state index in [2.05, 4.69) is 5.10 Å². The SMILES string of the molecule is COc1nn(C)cc1-c1ccc(O)cc1. The maximum Gasteiger partial charge on any atom is 0.240 e. The van der Waals surface area contributed by atoms with Gasteiger partial charge in [-0.25, -0.2) is 0 Å². The summed E-state index contributed by atoms with van der Waals surface area (Å²) in [7, 11) is 3.43. The van der Waals surface area contributed by atoms with E-state index in [1.54, 1.807) is 23.9 Å². The Kier molecular flexibility index (Phi) is 2.33. The Balaban J connectivity index is 2.48. The summed E-state index contributed by atoms with van der Waals surface area (Å²) in [4.78, 5) is 0. The average Bonchev–Trinajstić information content (AvgIpc) is 2.61. The highest BCUT2D eigenvalue weighted by Crippen LogP contribution is 2.29. The molecule has 0 atom stereocenters. The molecule has 15 heavy (non-hydrogen) atoms. The van der Waals surface area contributed by atoms with E-state index < -0.39 is 0 Å². The Morgan fingerprint density at radius 3 is 2.53 bits per heavy atom. The highest BCUT2D eigenvalue weighted by atomic mass is 16.5. The highest BCUT2D eigenvalue weighted by molar-refractivity contribution is 5.68. The van der Waals surface area contributed by atoms with E-state index in [1.807, 2.05) is 25.4 Å². The number of rotatable bonds is 2. The Morgan fingerprint density at radius 1 is 1.27 bits per heavy atom. The van der Waals surface area contributed by atoms with Gasteiger partial charge in [-0.1, -0.05) is 12.1 Å². The summed E-state index contributed by atoms with van der Waals surface area (Å²) < 4.78 is 6.85. The molecule has 0 amide bonds. The molecule has 0 bridgehead atoms. The van der Waals surface area contributed by atoms with E-state index in [1.165, 1.54) is 0 Å². The van der Waals surface area contributed by atoms with Crippen molar-refractivity contribution in [3.63, 3.8) is 0 Å². The molecule has 78 valence electrons. The molecule has 0 saturated heterocycles. The lowest BCUT2D eigenvalue weighted by Crippen LogP contribution is -1.89. The average molecular weight is 204 g/mol. The second-order valence-corrected chi connectivity index (χ2v) is 3.27. The van der Waals surface area contributed by atoms with Gasteiger partial charge in [0, 0.05) is 13.2 Å². The number of aryl methyl sites for hydroxylation is 1. The van der Waals surface area contributed by atoms with Gasteiger partial charge in [-0.05, 0) is 17.7 Å². The summed E-state index contributed by atoms with van der Waals surface area (Å²) in [5.41, 5.74) is 1.89. The van der Waals surface area contributed by atoms with Crippen molar-refractivity contribution >= 4 is 0 Å². The molecule has 2 aromatic rings. The lowest BCUT2D eigenvalue weighted by molar-refractivity contribution is 0.393. The maximum absolute atomic E-state index is 9.18. The molecule has 0 unspecified atom stereocenters. The first-order valence-electron chi connectivity index (χ1n) is 4.58. The van der Waals surface area contributed by atoms with Gasteiger partial charge < -0.3 is 9.84 Å². The van der Waals surface area contributed by atoms with Crippen LogP contribution < -0.4 is 4.74 Å². The topological polar surface area (TPSA) is 47.3 Å². The molecular formula is C11H12N2O2. The van der Waals surface area contributed by atoms with Crippen molar-refractivity contribution < 1.29 is 9.84 Å². The third-order valence-electron chi connectivity index (χ3n) is 2.17. The minimum Gasteiger partial charge on any atom is -0.508 e. The summed E-state index contributed by atoms with van der Waals surface area (Å²) >= 11 is 0. The van der Waals surface area contributed by atoms with Gasteiger partial charge in [-0.15, -0.1) is 5.10 Å². The van der Waals surface area contributed by atoms with Gasteiger partial charge in [0.2, 0.25) is 5.88 Å². The molecule has 2 rings (SSSR count). The number of ether oxygens (including phenoxy) is 1. The van der Waals surface area contributed by atoms with Crippen molar-refractivity contribution in [2.45, 2.75) is 0 Å². The number of nitrogens with zero attached hydrogens (tertiary/aromatic N) is 2. The Labute approximate surface area is 87.7 Å². The van der Waals surface area contributed by atoms with E-state index in [0.717, 1.165) is 11.1 Å². The molecular weight excluding hydrogens is 192 g/mol. The van der Waals surface area contributed by atoms with Crippen molar-refractivity contribution in [2.75, 3.05) is 7.11 Å². The third-order valence-corrected chi connectivity index (χ3v) is 2.17. The zero-order valence-corrected chi connectivity index (χ0v) is 8.64. The van der Waals surface area contributed by atoms with Gasteiger partial charge in [0.25, 0.3) is 0 Å². The molecule has 1 N–H and O–H groups in total. The molecule has 1 aromatic heterocycles. The van der Waals surface area contributed by atoms with E-state index in [0.29, 0.717) is 5.88 Å². The molecule has 0 fully saturated rings. The van der Waals surface area contributed by atoms with Crippen molar-refractivity contribution in [3.8, 4) is 22.8 Å². The predicted octanol–water partition coefficient (Wildman–Crippen LogP) is 1.80. The zero-order valence-electron chi connectivity index (χ0n) is 8.64. The molecule has 1 heterocycles. The van der Waals surface area contributed by atoms with E-state index in [4.69, 9.17) is 4.74 Å². The van der Waals surface area contributed by atoms with Gasteiger partial charge in [0.05, 0.1) is 12.7 Å². The normalized spacial score (nSPS) is 10.3. The molecule has 0 radical (unpaired) electrons. The third kappa shape index (κ3) is 1.79. The maximum atomic E-state index is 9.18. The van der Waals surface area contributed by atoms with Crippen LogP contribution in [0.5, 0.6) is 11.6 Å². The minimum absolute atomic E-state index is 0.251. The van der Waals surface area contributed by atoms with Gasteiger partial charge >= 0.3 is 0 Å². The lowest BCUT2D eigenvalue weighted by Gasteiger charge is -2.00. The van der Waals surface area contributed by atoms with Crippen LogP contribution in [0.15, 0.2) is 30.5 Å². The van der Waals surface area contributed by atoms with E-state index >= 15 is 0 Å². The standard InChI is InChI=1S/C11H12N2O2/c1-13-7-10(11(12-13)15-2)8-3-5-9(14)6-4-8/h3-7,14H,1-2H3. The highest BCUT2D eigenvalue weighted by Gasteiger charge is 2.09. The van der Waals surface area contributed by atoms with Crippen LogP contribution >= 0.6 is 0 Å². The Bertz CT molecular complexity index is 460. The predicted molar refractivity (Wildman–Crippen MR) is 56.9 cm³/mol. The zero-order chi connectivity index (χ0) is 10.8. The van der Waals surface area contributed by atoms with Crippen LogP contribution in [0, 0.1) is 0 Å². The molecule has 0 saturated carbocycles. The second kappa shape index (κ2) is 3.65. The molecule has 1 aromatic carbocycles. The van der Waals surface area contributed by atoms with Crippen LogP contribution in [0.2, 0.25) is 0 Å². The largest absolute Gasteiger partial charge is 0.508 e. The monoisotopic (exact) mass is 204 g/mol. The first-order chi connectivity index (χ1) is 7.20. The van der Waals surface area contributed by atoms with Crippen LogP contribution in [-0.4, -0.2) is 22.0 Å². The summed E-state index contributed by atoms with van der Waals surface area (Å²) in [6.45, 7) is 0. The fourth-order valence-corrected chi connectivity index (χ4v) is 1.46. The summed E-state index contributed by atoms with van der Waals surface area (Å²) in [6.07, 6.45) is 1.88. The van der Waals surface area contributed by atoms with Crippen LogP contribution in [0.3, 0.4) is 0 Å². The van der Waals surface area contributed by atoms with Crippen molar-refractivity contribution in [2.24, 2.45) is 7.05 Å². The van der Waals surface area contributed by atoms with E-state index in [-0.39, 0.29) is 5.75 Å². The number of aromatic hydroxyl groups is 1. The van der Waals surface area contributed by atoms with Gasteiger partial charge in [-0.3, -0.25) is 4.68 Å². The minimum atomic E-state index is 0.251. The number of methoxy groups -OCH3 is 1. The van der Waals surface area contributed by atoms with Crippen molar-refractivity contribution in [1.82, 2.24) is 9.78 Å². The molecule has 0 spiro atoms. The van der Waals surface area contributed by atoms with Gasteiger partial charge in [0.1, 0.15) is 5.75 Å². The number of hydrogen-bond donors (Lipinski definition) is 1. The summed E-state index contributed by atoms with van der Waals surface area (Å²) in [5.74, 6) is 0.838. The van der Waals surface area contributed by atoms with Crippen LogP contribution in [0.4, 0.5) is 0 Å². The number of hydrogen-bond acceptors (Lipinski definition) is 3. The quantitative estimate of drug-likeness (QED) is 0.811. The number of phenolic OH excluding ortho intramolecular Hbond substituents is 1. The van der Waals surface area contributed by atoms with Crippen LogP contribution in [0.1, 0.15) is 0 Å². The first-order valence-corrected chi connectivity index (χ1v) is 4.58. The van der Waals surface area contributed by atoms with Gasteiger partial charge in [0.15, 0.2) is 0 Å². The van der Waals surface area contributed by atoms with Crippen LogP contribution in [-0.2, 0) is 7.05 Å². The molecule has 4 heteroatoms. The lowest BCUT2D eigenvalue weighted by atomic mass is 10.1. The van der Waals surface area contributed by atoms with Crippen molar-refractivity contribution in [1.29, 1.82) is 0 Å². The smallest absolute Gasteiger partial charge is 0.240 e. The van der Waals surface area contributed by atoms with Crippen LogP contribution in [0.25, 0.3) is 11.1 Å². The Morgan fingerprint density at radius 2 is 1.93 bits per heavy atom. The second-order valence-electron chi connectivity index (χ2n) is 3.27. The number of aromatic nitrogens is 2. The number of phenols is 1. The fraction of sp³-hybridized carbons (Fsp3) is 0.182. The first kappa shape index (κ1) is 9.58. The van der Waals surface area contributed by atoms with E-state index in [9.17, 15) is 5.11 Å². The van der Waals surface area contributed by atoms with Crippen molar-refractivity contribution in [3.05, 3.63) is 30.5 Å². The summed E-state index contributed by atoms with van der Waals surface area (Å²) in [6, 6.07) is 6.94. The molecule has 0 aliphatic heterocycles. The van der Waals surface area contributed by atoms with Gasteiger partial charge in [-0.2, -0.15) is 0 Å². The Hall–Kier alpha value is -1.97. The molecule has 0 aliphatic rings. The summed E-state index contributed by atoms with van der Waals surface area (Å²) in [5, 5.41) is 13.3.